The van der Waals surface area contributed by atoms with Gasteiger partial charge in [0.05, 0.1) is 31.8 Å². The van der Waals surface area contributed by atoms with Gasteiger partial charge in [0, 0.05) is 25.2 Å². The molecule has 4 fully saturated rings. The molecule has 0 aromatic carbocycles. The molecule has 0 spiro atoms. The molecule has 4 heterocycles. The number of ether oxygens (including phenoxy) is 4. The maximum absolute atomic E-state index is 10.5. The molecule has 4 aliphatic heterocycles. The molecule has 4 saturated heterocycles. The van der Waals surface area contributed by atoms with Gasteiger partial charge in [-0.05, 0) is 45.4 Å². The highest BCUT2D eigenvalue weighted by atomic mass is 16.6. The minimum atomic E-state index is -0.0486. The molecule has 0 radical (unpaired) electrons. The van der Waals surface area contributed by atoms with Crippen LogP contribution >= 0.6 is 0 Å². The summed E-state index contributed by atoms with van der Waals surface area (Å²) >= 11 is 0. The van der Waals surface area contributed by atoms with E-state index in [4.69, 9.17) is 14.2 Å². The summed E-state index contributed by atoms with van der Waals surface area (Å²) < 4.78 is 18.9. The third-order valence-electron chi connectivity index (χ3n) is 4.83. The van der Waals surface area contributed by atoms with Crippen LogP contribution in [0.1, 0.15) is 92.9 Å². The molecule has 4 atom stereocenters. The Kier molecular flexibility index (Phi) is 16.3. The van der Waals surface area contributed by atoms with Gasteiger partial charge in [0.25, 0.3) is 0 Å². The van der Waals surface area contributed by atoms with E-state index in [1.165, 1.54) is 0 Å². The fraction of sp³-hybridized carbons (Fsp3) is 0.833. The molecule has 8 nitrogen and oxygen atoms in total. The summed E-state index contributed by atoms with van der Waals surface area (Å²) in [5.74, 6) is 0.854. The molecule has 186 valence electrons. The lowest BCUT2D eigenvalue weighted by molar-refractivity contribution is -0.152. The van der Waals surface area contributed by atoms with E-state index in [2.05, 4.69) is 11.7 Å². The minimum absolute atomic E-state index is 0.0382. The topological polar surface area (TPSA) is 105 Å². The molecule has 4 rings (SSSR count). The van der Waals surface area contributed by atoms with Crippen LogP contribution in [0.3, 0.4) is 0 Å². The van der Waals surface area contributed by atoms with E-state index >= 15 is 0 Å². The van der Waals surface area contributed by atoms with Gasteiger partial charge < -0.3 is 18.9 Å². The van der Waals surface area contributed by atoms with Crippen molar-refractivity contribution >= 4 is 23.9 Å². The maximum Gasteiger partial charge on any atom is 0.306 e. The smallest absolute Gasteiger partial charge is 0.306 e. The van der Waals surface area contributed by atoms with Gasteiger partial charge in [-0.2, -0.15) is 0 Å². The maximum atomic E-state index is 10.5. The van der Waals surface area contributed by atoms with Crippen LogP contribution in [0.5, 0.6) is 0 Å². The van der Waals surface area contributed by atoms with Gasteiger partial charge in [-0.15, -0.1) is 0 Å². The summed E-state index contributed by atoms with van der Waals surface area (Å²) in [4.78, 5) is 41.3. The van der Waals surface area contributed by atoms with E-state index in [0.29, 0.717) is 50.7 Å². The minimum Gasteiger partial charge on any atom is -0.465 e. The van der Waals surface area contributed by atoms with Crippen LogP contribution in [0.2, 0.25) is 0 Å². The first-order valence-corrected chi connectivity index (χ1v) is 11.9. The Morgan fingerprint density at radius 2 is 1.09 bits per heavy atom. The summed E-state index contributed by atoms with van der Waals surface area (Å²) in [7, 11) is 0. The number of carbonyl (C=O) groups is 4. The lowest BCUT2D eigenvalue weighted by Gasteiger charge is -2.17. The van der Waals surface area contributed by atoms with E-state index in [-0.39, 0.29) is 36.1 Å². The van der Waals surface area contributed by atoms with Crippen molar-refractivity contribution < 1.29 is 38.1 Å². The van der Waals surface area contributed by atoms with Crippen molar-refractivity contribution in [2.75, 3.05) is 13.2 Å². The second-order valence-corrected chi connectivity index (χ2v) is 8.35. The molecule has 0 aromatic heterocycles. The predicted octanol–water partition coefficient (Wildman–Crippen LogP) is 4.37. The van der Waals surface area contributed by atoms with Gasteiger partial charge in [-0.25, -0.2) is 0 Å². The average Bonchev–Trinajstić information content (AvgIpc) is 3.32. The first-order chi connectivity index (χ1) is 15.2. The monoisotopic (exact) mass is 458 g/mol. The van der Waals surface area contributed by atoms with Crippen LogP contribution in [0.4, 0.5) is 0 Å². The zero-order valence-electron chi connectivity index (χ0n) is 20.6. The molecule has 0 amide bonds. The van der Waals surface area contributed by atoms with Gasteiger partial charge in [-0.3, -0.25) is 19.2 Å². The second kappa shape index (κ2) is 17.4. The van der Waals surface area contributed by atoms with E-state index < -0.39 is 0 Å². The van der Waals surface area contributed by atoms with Gasteiger partial charge in [-0.1, -0.05) is 27.7 Å². The van der Waals surface area contributed by atoms with Crippen molar-refractivity contribution in [2.24, 2.45) is 11.8 Å². The fourth-order valence-corrected chi connectivity index (χ4v) is 2.93. The number of esters is 4. The highest BCUT2D eigenvalue weighted by Gasteiger charge is 2.18. The lowest BCUT2D eigenvalue weighted by Crippen LogP contribution is -2.19. The molecule has 0 bridgehead atoms. The van der Waals surface area contributed by atoms with Crippen molar-refractivity contribution in [2.45, 2.75) is 105 Å². The predicted molar refractivity (Wildman–Crippen MR) is 120 cm³/mol. The summed E-state index contributed by atoms with van der Waals surface area (Å²) in [6.07, 6.45) is 6.72. The molecule has 8 heteroatoms. The van der Waals surface area contributed by atoms with Crippen molar-refractivity contribution in [3.05, 3.63) is 0 Å². The van der Waals surface area contributed by atoms with E-state index in [0.717, 1.165) is 25.7 Å². The standard InChI is InChI=1S/2C6H10O2.2C5H8O2.C2H6/c1-5-2-3-6(7)8-4-5;1-5-3-2-4-6(7)8-5;1-4-2-5(6)7-3-4;1-4-2-3-5(6)7-4;1-2/h2*5H,2-4H2,1H3;2*4H,2-3H2,1H3;1-2H3. The van der Waals surface area contributed by atoms with Crippen molar-refractivity contribution in [1.29, 1.82) is 0 Å². The summed E-state index contributed by atoms with van der Waals surface area (Å²) in [5, 5.41) is 0. The third-order valence-corrected chi connectivity index (χ3v) is 4.83. The zero-order valence-corrected chi connectivity index (χ0v) is 20.6. The van der Waals surface area contributed by atoms with Gasteiger partial charge in [0.2, 0.25) is 0 Å². The summed E-state index contributed by atoms with van der Waals surface area (Å²) in [6.45, 7) is 13.2. The van der Waals surface area contributed by atoms with Gasteiger partial charge in [0.15, 0.2) is 0 Å². The normalized spacial score (nSPS) is 28.3. The van der Waals surface area contributed by atoms with Crippen LogP contribution in [0.15, 0.2) is 0 Å². The molecular formula is C24H42O8. The summed E-state index contributed by atoms with van der Waals surface area (Å²) in [5.41, 5.74) is 0. The molecule has 0 aromatic rings. The lowest BCUT2D eigenvalue weighted by atomic mass is 10.1. The molecular weight excluding hydrogens is 416 g/mol. The van der Waals surface area contributed by atoms with Crippen LogP contribution in [-0.2, 0) is 38.1 Å². The highest BCUT2D eigenvalue weighted by Crippen LogP contribution is 2.13. The largest absolute Gasteiger partial charge is 0.465 e. The SMILES string of the molecule is CC.CC1CCC(=O)O1.CC1CCC(=O)OC1.CC1CCCC(=O)O1.CC1COC(=O)C1. The Bertz CT molecular complexity index is 540. The Morgan fingerprint density at radius 1 is 0.594 bits per heavy atom. The third kappa shape index (κ3) is 15.6. The van der Waals surface area contributed by atoms with Crippen LogP contribution in [0.25, 0.3) is 0 Å². The molecule has 0 saturated carbocycles. The van der Waals surface area contributed by atoms with Crippen molar-refractivity contribution in [3.8, 4) is 0 Å². The van der Waals surface area contributed by atoms with Gasteiger partial charge in [0.1, 0.15) is 0 Å². The fourth-order valence-electron chi connectivity index (χ4n) is 2.93. The Labute approximate surface area is 192 Å². The first kappa shape index (κ1) is 29.9. The molecule has 32 heavy (non-hydrogen) atoms. The highest BCUT2D eigenvalue weighted by molar-refractivity contribution is 5.71. The number of cyclic esters (lactones) is 4. The Morgan fingerprint density at radius 3 is 1.34 bits per heavy atom. The summed E-state index contributed by atoms with van der Waals surface area (Å²) in [6, 6.07) is 0. The number of hydrogen-bond acceptors (Lipinski definition) is 8. The van der Waals surface area contributed by atoms with E-state index in [1.807, 2.05) is 34.6 Å². The number of carbonyl (C=O) groups excluding carboxylic acids is 4. The molecule has 0 N–H and O–H groups in total. The average molecular weight is 459 g/mol. The van der Waals surface area contributed by atoms with Crippen LogP contribution < -0.4 is 0 Å². The van der Waals surface area contributed by atoms with E-state index in [9.17, 15) is 19.2 Å². The molecule has 4 aliphatic rings. The van der Waals surface area contributed by atoms with Crippen molar-refractivity contribution in [3.63, 3.8) is 0 Å². The first-order valence-electron chi connectivity index (χ1n) is 11.9. The van der Waals surface area contributed by atoms with Crippen LogP contribution in [-0.4, -0.2) is 49.3 Å². The quantitative estimate of drug-likeness (QED) is 0.389. The zero-order chi connectivity index (χ0) is 24.5. The number of rotatable bonds is 0. The number of hydrogen-bond donors (Lipinski definition) is 0. The molecule has 4 unspecified atom stereocenters. The Balaban J connectivity index is 0.000000391. The van der Waals surface area contributed by atoms with Crippen molar-refractivity contribution in [1.82, 2.24) is 0 Å². The van der Waals surface area contributed by atoms with E-state index in [1.54, 1.807) is 0 Å². The van der Waals surface area contributed by atoms with Crippen LogP contribution in [0, 0.1) is 11.8 Å². The Hall–Kier alpha value is -2.12. The second-order valence-electron chi connectivity index (χ2n) is 8.35. The molecule has 0 aliphatic carbocycles. The van der Waals surface area contributed by atoms with Gasteiger partial charge >= 0.3 is 23.9 Å².